The summed E-state index contributed by atoms with van der Waals surface area (Å²) in [7, 11) is 0. The predicted octanol–water partition coefficient (Wildman–Crippen LogP) is 2.53. The van der Waals surface area contributed by atoms with Crippen molar-refractivity contribution in [2.24, 2.45) is 0 Å². The van der Waals surface area contributed by atoms with E-state index in [0.29, 0.717) is 16.3 Å². The maximum absolute atomic E-state index is 12.9. The van der Waals surface area contributed by atoms with E-state index in [2.05, 4.69) is 20.9 Å². The first-order chi connectivity index (χ1) is 13.8. The van der Waals surface area contributed by atoms with E-state index in [9.17, 15) is 14.0 Å². The molecule has 2 amide bonds. The van der Waals surface area contributed by atoms with E-state index in [4.69, 9.17) is 17.3 Å². The number of carbonyl (C=O) groups excluding carboxylic acids is 2. The minimum absolute atomic E-state index is 0.0421. The van der Waals surface area contributed by atoms with Crippen LogP contribution in [0.3, 0.4) is 0 Å². The van der Waals surface area contributed by atoms with Gasteiger partial charge in [0, 0.05) is 17.3 Å². The third-order valence-corrected chi connectivity index (χ3v) is 4.60. The lowest BCUT2D eigenvalue weighted by Crippen LogP contribution is -2.25. The van der Waals surface area contributed by atoms with Crippen LogP contribution in [0.2, 0.25) is 5.02 Å². The Morgan fingerprint density at radius 1 is 1.21 bits per heavy atom. The van der Waals surface area contributed by atoms with Crippen LogP contribution in [0.25, 0.3) is 0 Å². The summed E-state index contributed by atoms with van der Waals surface area (Å²) in [5.74, 6) is -1.35. The van der Waals surface area contributed by atoms with Gasteiger partial charge < -0.3 is 16.4 Å². The molecular formula is C19H18ClFN6O2. The van der Waals surface area contributed by atoms with Gasteiger partial charge in [0.15, 0.2) is 11.5 Å². The molecule has 29 heavy (non-hydrogen) atoms. The van der Waals surface area contributed by atoms with E-state index in [1.807, 2.05) is 0 Å². The van der Waals surface area contributed by atoms with Crippen LogP contribution in [-0.4, -0.2) is 26.8 Å². The average Bonchev–Trinajstić information content (AvgIpc) is 3.05. The molecule has 0 saturated heterocycles. The highest BCUT2D eigenvalue weighted by Crippen LogP contribution is 2.23. The number of anilines is 2. The van der Waals surface area contributed by atoms with E-state index in [1.54, 1.807) is 37.3 Å². The van der Waals surface area contributed by atoms with E-state index >= 15 is 0 Å². The molecule has 0 fully saturated rings. The molecule has 4 N–H and O–H groups in total. The van der Waals surface area contributed by atoms with Crippen molar-refractivity contribution in [3.63, 3.8) is 0 Å². The monoisotopic (exact) mass is 416 g/mol. The molecule has 1 aromatic heterocycles. The summed E-state index contributed by atoms with van der Waals surface area (Å²) < 4.78 is 14.1. The van der Waals surface area contributed by atoms with Gasteiger partial charge in [0.2, 0.25) is 5.91 Å². The topological polar surface area (TPSA) is 115 Å². The second-order valence-corrected chi connectivity index (χ2v) is 6.66. The Labute approximate surface area is 170 Å². The van der Waals surface area contributed by atoms with Crippen LogP contribution in [0.1, 0.15) is 21.6 Å². The molecule has 0 unspecified atom stereocenters. The zero-order valence-corrected chi connectivity index (χ0v) is 16.2. The number of nitrogen functional groups attached to an aromatic ring is 1. The molecule has 0 spiro atoms. The summed E-state index contributed by atoms with van der Waals surface area (Å²) >= 11 is 6.04. The summed E-state index contributed by atoms with van der Waals surface area (Å²) in [6.45, 7) is 1.72. The highest BCUT2D eigenvalue weighted by Gasteiger charge is 2.19. The molecule has 0 radical (unpaired) electrons. The molecule has 0 aliphatic carbocycles. The Kier molecular flexibility index (Phi) is 6.08. The highest BCUT2D eigenvalue weighted by atomic mass is 35.5. The summed E-state index contributed by atoms with van der Waals surface area (Å²) in [5, 5.41) is 13.4. The zero-order valence-electron chi connectivity index (χ0n) is 15.4. The van der Waals surface area contributed by atoms with Crippen molar-refractivity contribution in [3.05, 3.63) is 70.1 Å². The van der Waals surface area contributed by atoms with Gasteiger partial charge in [-0.05, 0) is 42.3 Å². The van der Waals surface area contributed by atoms with Crippen LogP contribution in [0, 0.1) is 12.7 Å². The SMILES string of the molecule is Cc1c(Cl)cccc1NC(=O)Cn1nnc(C(=O)NCc2ccc(F)cc2)c1N. The van der Waals surface area contributed by atoms with E-state index in [1.165, 1.54) is 12.1 Å². The molecule has 2 aromatic carbocycles. The lowest BCUT2D eigenvalue weighted by Gasteiger charge is -2.10. The molecule has 3 rings (SSSR count). The number of halogens is 2. The summed E-state index contributed by atoms with van der Waals surface area (Å²) in [6.07, 6.45) is 0. The molecule has 1 heterocycles. The largest absolute Gasteiger partial charge is 0.382 e. The average molecular weight is 417 g/mol. The number of aromatic nitrogens is 3. The fraction of sp³-hybridized carbons (Fsp3) is 0.158. The molecule has 0 atom stereocenters. The second kappa shape index (κ2) is 8.70. The van der Waals surface area contributed by atoms with Crippen LogP contribution >= 0.6 is 11.6 Å². The van der Waals surface area contributed by atoms with Crippen molar-refractivity contribution in [2.75, 3.05) is 11.1 Å². The minimum Gasteiger partial charge on any atom is -0.382 e. The van der Waals surface area contributed by atoms with Crippen LogP contribution in [-0.2, 0) is 17.9 Å². The number of nitrogens with one attached hydrogen (secondary N) is 2. The predicted molar refractivity (Wildman–Crippen MR) is 107 cm³/mol. The van der Waals surface area contributed by atoms with Gasteiger partial charge in [-0.25, -0.2) is 9.07 Å². The highest BCUT2D eigenvalue weighted by molar-refractivity contribution is 6.31. The van der Waals surface area contributed by atoms with Crippen molar-refractivity contribution in [3.8, 4) is 0 Å². The van der Waals surface area contributed by atoms with Crippen LogP contribution in [0.4, 0.5) is 15.9 Å². The molecule has 0 bridgehead atoms. The third-order valence-electron chi connectivity index (χ3n) is 4.19. The molecule has 0 aliphatic heterocycles. The van der Waals surface area contributed by atoms with Gasteiger partial charge in [0.1, 0.15) is 12.4 Å². The number of amides is 2. The standard InChI is InChI=1S/C19H18ClFN6O2/c1-11-14(20)3-2-4-15(11)24-16(28)10-27-18(22)17(25-26-27)19(29)23-9-12-5-7-13(21)8-6-12/h2-8H,9-10,22H2,1H3,(H,23,29)(H,24,28). The van der Waals surface area contributed by atoms with Crippen molar-refractivity contribution < 1.29 is 14.0 Å². The number of hydrogen-bond donors (Lipinski definition) is 3. The Bertz CT molecular complexity index is 1050. The molecule has 0 aliphatic rings. The van der Waals surface area contributed by atoms with Gasteiger partial charge in [0.25, 0.3) is 5.91 Å². The van der Waals surface area contributed by atoms with Crippen LogP contribution in [0.5, 0.6) is 0 Å². The number of carbonyl (C=O) groups is 2. The first-order valence-corrected chi connectivity index (χ1v) is 8.99. The number of nitrogens with two attached hydrogens (primary N) is 1. The number of nitrogens with zero attached hydrogens (tertiary/aromatic N) is 3. The van der Waals surface area contributed by atoms with Gasteiger partial charge in [0.05, 0.1) is 0 Å². The molecule has 8 nitrogen and oxygen atoms in total. The third kappa shape index (κ3) is 4.88. The van der Waals surface area contributed by atoms with Crippen molar-refractivity contribution in [1.29, 1.82) is 0 Å². The normalized spacial score (nSPS) is 10.6. The number of benzene rings is 2. The van der Waals surface area contributed by atoms with E-state index in [-0.39, 0.29) is 30.4 Å². The van der Waals surface area contributed by atoms with Crippen molar-refractivity contribution in [1.82, 2.24) is 20.3 Å². The lowest BCUT2D eigenvalue weighted by atomic mass is 10.2. The fourth-order valence-electron chi connectivity index (χ4n) is 2.54. The Balaban J connectivity index is 1.62. The lowest BCUT2D eigenvalue weighted by molar-refractivity contribution is -0.116. The first kappa shape index (κ1) is 20.3. The smallest absolute Gasteiger partial charge is 0.275 e. The van der Waals surface area contributed by atoms with Crippen LogP contribution < -0.4 is 16.4 Å². The molecule has 150 valence electrons. The van der Waals surface area contributed by atoms with E-state index < -0.39 is 11.8 Å². The summed E-state index contributed by atoms with van der Waals surface area (Å²) in [5.41, 5.74) is 7.83. The van der Waals surface area contributed by atoms with Gasteiger partial charge in [-0.3, -0.25) is 9.59 Å². The second-order valence-electron chi connectivity index (χ2n) is 6.25. The van der Waals surface area contributed by atoms with Gasteiger partial charge in [-0.15, -0.1) is 5.10 Å². The zero-order chi connectivity index (χ0) is 21.0. The van der Waals surface area contributed by atoms with Crippen LogP contribution in [0.15, 0.2) is 42.5 Å². The molecule has 3 aromatic rings. The maximum Gasteiger partial charge on any atom is 0.275 e. The minimum atomic E-state index is -0.552. The molecular weight excluding hydrogens is 399 g/mol. The Morgan fingerprint density at radius 2 is 1.93 bits per heavy atom. The molecule has 0 saturated carbocycles. The van der Waals surface area contributed by atoms with Gasteiger partial charge >= 0.3 is 0 Å². The van der Waals surface area contributed by atoms with Gasteiger partial charge in [-0.2, -0.15) is 0 Å². The summed E-state index contributed by atoms with van der Waals surface area (Å²) in [6, 6.07) is 10.9. The number of rotatable bonds is 6. The van der Waals surface area contributed by atoms with Crippen molar-refractivity contribution >= 4 is 34.9 Å². The quantitative estimate of drug-likeness (QED) is 0.571. The van der Waals surface area contributed by atoms with Crippen molar-refractivity contribution in [2.45, 2.75) is 20.0 Å². The van der Waals surface area contributed by atoms with E-state index in [0.717, 1.165) is 10.2 Å². The Hall–Kier alpha value is -3.46. The maximum atomic E-state index is 12.9. The summed E-state index contributed by atoms with van der Waals surface area (Å²) in [4.78, 5) is 24.6. The first-order valence-electron chi connectivity index (χ1n) is 8.61. The van der Waals surface area contributed by atoms with Gasteiger partial charge in [-0.1, -0.05) is 35.0 Å². The molecule has 10 heteroatoms. The Morgan fingerprint density at radius 3 is 2.66 bits per heavy atom. The fourth-order valence-corrected chi connectivity index (χ4v) is 2.71. The number of hydrogen-bond acceptors (Lipinski definition) is 5.